The van der Waals surface area contributed by atoms with Crippen LogP contribution in [0.1, 0.15) is 26.3 Å². The topological polar surface area (TPSA) is 54.9 Å². The number of aliphatic imine (C=N–C) groups is 1. The molecule has 6 heteroatoms. The van der Waals surface area contributed by atoms with Crippen molar-refractivity contribution in [2.45, 2.75) is 27.3 Å². The molecule has 5 nitrogen and oxygen atoms in total. The summed E-state index contributed by atoms with van der Waals surface area (Å²) in [5.74, 6) is 1.74. The summed E-state index contributed by atoms with van der Waals surface area (Å²) in [6.45, 7) is 10.9. The Labute approximate surface area is 156 Å². The second-order valence-corrected chi connectivity index (χ2v) is 5.89. The highest BCUT2D eigenvalue weighted by Gasteiger charge is 2.33. The van der Waals surface area contributed by atoms with E-state index in [2.05, 4.69) is 35.5 Å². The quantitative estimate of drug-likeness (QED) is 0.395. The van der Waals surface area contributed by atoms with E-state index in [0.717, 1.165) is 43.6 Å². The van der Waals surface area contributed by atoms with Gasteiger partial charge < -0.3 is 20.1 Å². The van der Waals surface area contributed by atoms with Crippen molar-refractivity contribution in [3.05, 3.63) is 29.8 Å². The zero-order chi connectivity index (χ0) is 15.8. The Morgan fingerprint density at radius 2 is 2.00 bits per heavy atom. The Morgan fingerprint density at radius 1 is 1.26 bits per heavy atom. The summed E-state index contributed by atoms with van der Waals surface area (Å²) in [5.41, 5.74) is 1.32. The SMILES string of the molecule is CCNC(=NCc1ccccc1OCC)NCC1(C)COC1.I. The number of hydrogen-bond donors (Lipinski definition) is 2. The summed E-state index contributed by atoms with van der Waals surface area (Å²) in [7, 11) is 0. The molecule has 130 valence electrons. The predicted octanol–water partition coefficient (Wildman–Crippen LogP) is 2.79. The van der Waals surface area contributed by atoms with Gasteiger partial charge in [-0.3, -0.25) is 0 Å². The van der Waals surface area contributed by atoms with Gasteiger partial charge in [0.25, 0.3) is 0 Å². The third-order valence-corrected chi connectivity index (χ3v) is 3.61. The van der Waals surface area contributed by atoms with E-state index in [-0.39, 0.29) is 29.4 Å². The van der Waals surface area contributed by atoms with E-state index in [1.165, 1.54) is 0 Å². The number of nitrogens with zero attached hydrogens (tertiary/aromatic N) is 1. The normalized spacial score (nSPS) is 16.0. The average molecular weight is 433 g/mol. The third-order valence-electron chi connectivity index (χ3n) is 3.61. The zero-order valence-electron chi connectivity index (χ0n) is 14.2. The van der Waals surface area contributed by atoms with E-state index in [1.807, 2.05) is 25.1 Å². The molecule has 23 heavy (non-hydrogen) atoms. The fourth-order valence-electron chi connectivity index (χ4n) is 2.29. The molecule has 1 saturated heterocycles. The molecule has 1 aromatic rings. The van der Waals surface area contributed by atoms with Gasteiger partial charge in [0.1, 0.15) is 5.75 Å². The second kappa shape index (κ2) is 9.97. The van der Waals surface area contributed by atoms with E-state index in [4.69, 9.17) is 9.47 Å². The van der Waals surface area contributed by atoms with Crippen LogP contribution in [0.25, 0.3) is 0 Å². The van der Waals surface area contributed by atoms with Crippen LogP contribution in [0.2, 0.25) is 0 Å². The van der Waals surface area contributed by atoms with Crippen molar-refractivity contribution in [3.8, 4) is 5.75 Å². The molecule has 1 fully saturated rings. The maximum absolute atomic E-state index is 5.64. The van der Waals surface area contributed by atoms with Crippen LogP contribution in [0.5, 0.6) is 5.75 Å². The molecule has 1 aliphatic rings. The first kappa shape index (κ1) is 20.0. The molecular weight excluding hydrogens is 405 g/mol. The molecule has 1 heterocycles. The van der Waals surface area contributed by atoms with Gasteiger partial charge in [0.2, 0.25) is 0 Å². The summed E-state index contributed by atoms with van der Waals surface area (Å²) >= 11 is 0. The minimum atomic E-state index is 0. The molecule has 0 radical (unpaired) electrons. The Bertz CT molecular complexity index is 504. The van der Waals surface area contributed by atoms with Crippen molar-refractivity contribution >= 4 is 29.9 Å². The number of para-hydroxylation sites is 1. The van der Waals surface area contributed by atoms with Crippen molar-refractivity contribution in [2.75, 3.05) is 32.9 Å². The van der Waals surface area contributed by atoms with Gasteiger partial charge >= 0.3 is 0 Å². The average Bonchev–Trinajstić information content (AvgIpc) is 2.50. The lowest BCUT2D eigenvalue weighted by Gasteiger charge is -2.38. The summed E-state index contributed by atoms with van der Waals surface area (Å²) in [6, 6.07) is 8.04. The molecule has 0 unspecified atom stereocenters. The summed E-state index contributed by atoms with van der Waals surface area (Å²) in [4.78, 5) is 4.66. The third kappa shape index (κ3) is 6.18. The van der Waals surface area contributed by atoms with E-state index >= 15 is 0 Å². The van der Waals surface area contributed by atoms with Gasteiger partial charge in [-0.1, -0.05) is 25.1 Å². The zero-order valence-corrected chi connectivity index (χ0v) is 16.6. The Hall–Kier alpha value is -1.02. The molecular formula is C17H28IN3O2. The van der Waals surface area contributed by atoms with Crippen molar-refractivity contribution in [1.29, 1.82) is 0 Å². The van der Waals surface area contributed by atoms with Crippen LogP contribution in [-0.4, -0.2) is 38.9 Å². The number of benzene rings is 1. The highest BCUT2D eigenvalue weighted by Crippen LogP contribution is 2.25. The van der Waals surface area contributed by atoms with Crippen molar-refractivity contribution in [1.82, 2.24) is 10.6 Å². The minimum Gasteiger partial charge on any atom is -0.494 e. The maximum atomic E-state index is 5.64. The number of hydrogen-bond acceptors (Lipinski definition) is 3. The molecule has 1 aliphatic heterocycles. The molecule has 0 bridgehead atoms. The van der Waals surface area contributed by atoms with Gasteiger partial charge in [0, 0.05) is 24.1 Å². The highest BCUT2D eigenvalue weighted by molar-refractivity contribution is 14.0. The van der Waals surface area contributed by atoms with Crippen molar-refractivity contribution in [3.63, 3.8) is 0 Å². The van der Waals surface area contributed by atoms with Crippen LogP contribution in [0, 0.1) is 5.41 Å². The molecule has 2 rings (SSSR count). The van der Waals surface area contributed by atoms with Crippen molar-refractivity contribution in [2.24, 2.45) is 10.4 Å². The van der Waals surface area contributed by atoms with E-state index < -0.39 is 0 Å². The molecule has 1 aromatic carbocycles. The lowest BCUT2D eigenvalue weighted by atomic mass is 9.89. The molecule has 0 amide bonds. The van der Waals surface area contributed by atoms with Crippen LogP contribution >= 0.6 is 24.0 Å². The van der Waals surface area contributed by atoms with Crippen LogP contribution in [0.15, 0.2) is 29.3 Å². The first-order valence-corrected chi connectivity index (χ1v) is 7.97. The summed E-state index contributed by atoms with van der Waals surface area (Å²) < 4.78 is 10.9. The number of ether oxygens (including phenoxy) is 2. The van der Waals surface area contributed by atoms with Crippen molar-refractivity contribution < 1.29 is 9.47 Å². The molecule has 0 aliphatic carbocycles. The molecule has 2 N–H and O–H groups in total. The van der Waals surface area contributed by atoms with Gasteiger partial charge in [-0.15, -0.1) is 24.0 Å². The number of nitrogens with one attached hydrogen (secondary N) is 2. The van der Waals surface area contributed by atoms with E-state index in [1.54, 1.807) is 0 Å². The van der Waals surface area contributed by atoms with Crippen LogP contribution in [-0.2, 0) is 11.3 Å². The minimum absolute atomic E-state index is 0. The Kier molecular flexibility index (Phi) is 8.68. The van der Waals surface area contributed by atoms with Crippen LogP contribution < -0.4 is 15.4 Å². The molecule has 0 spiro atoms. The standard InChI is InChI=1S/C17H27N3O2.HI/c1-4-18-16(20-11-17(3)12-21-13-17)19-10-14-8-6-7-9-15(14)22-5-2;/h6-9H,4-5,10-13H2,1-3H3,(H2,18,19,20);1H. The lowest BCUT2D eigenvalue weighted by molar-refractivity contribution is -0.0971. The number of rotatable bonds is 7. The van der Waals surface area contributed by atoms with Gasteiger partial charge in [0.15, 0.2) is 5.96 Å². The molecule has 0 saturated carbocycles. The second-order valence-electron chi connectivity index (χ2n) is 5.89. The molecule has 0 aromatic heterocycles. The summed E-state index contributed by atoms with van der Waals surface area (Å²) in [5, 5.41) is 6.69. The van der Waals surface area contributed by atoms with Crippen LogP contribution in [0.3, 0.4) is 0 Å². The van der Waals surface area contributed by atoms with Gasteiger partial charge in [-0.2, -0.15) is 0 Å². The van der Waals surface area contributed by atoms with Gasteiger partial charge in [-0.05, 0) is 19.9 Å². The monoisotopic (exact) mass is 433 g/mol. The first-order chi connectivity index (χ1) is 10.7. The number of halogens is 1. The fourth-order valence-corrected chi connectivity index (χ4v) is 2.29. The largest absolute Gasteiger partial charge is 0.494 e. The summed E-state index contributed by atoms with van der Waals surface area (Å²) in [6.07, 6.45) is 0. The highest BCUT2D eigenvalue weighted by atomic mass is 127. The van der Waals surface area contributed by atoms with E-state index in [9.17, 15) is 0 Å². The predicted molar refractivity (Wildman–Crippen MR) is 105 cm³/mol. The fraction of sp³-hybridized carbons (Fsp3) is 0.588. The maximum Gasteiger partial charge on any atom is 0.191 e. The first-order valence-electron chi connectivity index (χ1n) is 7.97. The van der Waals surface area contributed by atoms with Crippen LogP contribution in [0.4, 0.5) is 0 Å². The Morgan fingerprint density at radius 3 is 2.61 bits per heavy atom. The molecule has 0 atom stereocenters. The smallest absolute Gasteiger partial charge is 0.191 e. The number of guanidine groups is 1. The lowest BCUT2D eigenvalue weighted by Crippen LogP contribution is -2.51. The van der Waals surface area contributed by atoms with Gasteiger partial charge in [-0.25, -0.2) is 4.99 Å². The van der Waals surface area contributed by atoms with E-state index in [0.29, 0.717) is 13.2 Å². The van der Waals surface area contributed by atoms with Gasteiger partial charge in [0.05, 0.1) is 26.4 Å². The Balaban J connectivity index is 0.00000264.